The van der Waals surface area contributed by atoms with Crippen LogP contribution in [0.3, 0.4) is 0 Å². The third-order valence-electron chi connectivity index (χ3n) is 3.42. The van der Waals surface area contributed by atoms with Crippen LogP contribution in [0.4, 0.5) is 4.79 Å². The molecule has 0 atom stereocenters. The first kappa shape index (κ1) is 12.6. The van der Waals surface area contributed by atoms with E-state index in [1.807, 2.05) is 0 Å². The molecule has 1 aliphatic heterocycles. The number of carbonyl (C=O) groups is 3. The molecule has 2 amide bonds. The summed E-state index contributed by atoms with van der Waals surface area (Å²) < 4.78 is 4.98. The molecule has 2 rings (SSSR count). The van der Waals surface area contributed by atoms with E-state index < -0.39 is 23.6 Å². The van der Waals surface area contributed by atoms with Crippen LogP contribution in [0.25, 0.3) is 0 Å². The highest BCUT2D eigenvalue weighted by Crippen LogP contribution is 2.33. The predicted molar refractivity (Wildman–Crippen MR) is 60.8 cm³/mol. The summed E-state index contributed by atoms with van der Waals surface area (Å²) in [6.07, 6.45) is 4.84. The summed E-state index contributed by atoms with van der Waals surface area (Å²) in [5.74, 6) is -0.808. The monoisotopic (exact) mass is 253 g/mol. The number of hydrogen-bond donors (Lipinski definition) is 1. The van der Waals surface area contributed by atoms with Gasteiger partial charge in [0.25, 0.3) is 11.8 Å². The van der Waals surface area contributed by atoms with E-state index in [4.69, 9.17) is 9.84 Å². The minimum Gasteiger partial charge on any atom is -0.450 e. The Kier molecular flexibility index (Phi) is 3.36. The van der Waals surface area contributed by atoms with Gasteiger partial charge >= 0.3 is 6.16 Å². The first-order valence-electron chi connectivity index (χ1n) is 5.98. The Labute approximate surface area is 104 Å². The highest BCUT2D eigenvalue weighted by Gasteiger charge is 2.41. The maximum atomic E-state index is 11.5. The van der Waals surface area contributed by atoms with Crippen LogP contribution in [0.2, 0.25) is 0 Å². The van der Waals surface area contributed by atoms with Gasteiger partial charge in [0.1, 0.15) is 5.60 Å². The fourth-order valence-electron chi connectivity index (χ4n) is 2.55. The van der Waals surface area contributed by atoms with Crippen molar-refractivity contribution in [3.8, 4) is 0 Å². The summed E-state index contributed by atoms with van der Waals surface area (Å²) >= 11 is 0. The molecule has 1 N–H and O–H groups in total. The van der Waals surface area contributed by atoms with Crippen LogP contribution in [-0.4, -0.2) is 40.1 Å². The Morgan fingerprint density at radius 2 is 1.78 bits per heavy atom. The summed E-state index contributed by atoms with van der Waals surface area (Å²) in [5.41, 5.74) is -0.929. The lowest BCUT2D eigenvalue weighted by molar-refractivity contribution is -0.143. The van der Waals surface area contributed by atoms with Gasteiger partial charge in [-0.25, -0.2) is 4.79 Å². The number of hydrogen-bond acceptors (Lipinski definition) is 4. The molecule has 98 valence electrons. The minimum absolute atomic E-state index is 0.0178. The molecular weight excluding hydrogens is 238 g/mol. The summed E-state index contributed by atoms with van der Waals surface area (Å²) in [4.78, 5) is 34.8. The first-order chi connectivity index (χ1) is 8.52. The van der Waals surface area contributed by atoms with E-state index in [0.29, 0.717) is 12.8 Å². The summed E-state index contributed by atoms with van der Waals surface area (Å²) in [6.45, 7) is 0.0178. The molecule has 1 fully saturated rings. The minimum atomic E-state index is -1.36. The summed E-state index contributed by atoms with van der Waals surface area (Å²) in [7, 11) is 0. The zero-order chi connectivity index (χ0) is 13.2. The van der Waals surface area contributed by atoms with Crippen molar-refractivity contribution in [2.24, 2.45) is 0 Å². The smallest absolute Gasteiger partial charge is 0.450 e. The number of imide groups is 1. The van der Waals surface area contributed by atoms with E-state index in [0.717, 1.165) is 24.2 Å². The number of rotatable bonds is 3. The molecule has 18 heavy (non-hydrogen) atoms. The van der Waals surface area contributed by atoms with Crippen molar-refractivity contribution in [3.63, 3.8) is 0 Å². The fraction of sp³-hybridized carbons (Fsp3) is 0.583. The van der Waals surface area contributed by atoms with E-state index in [9.17, 15) is 14.4 Å². The highest BCUT2D eigenvalue weighted by molar-refractivity contribution is 6.12. The van der Waals surface area contributed by atoms with E-state index in [1.54, 1.807) is 0 Å². The van der Waals surface area contributed by atoms with E-state index >= 15 is 0 Å². The highest BCUT2D eigenvalue weighted by atomic mass is 16.7. The lowest BCUT2D eigenvalue weighted by atomic mass is 9.84. The van der Waals surface area contributed by atoms with Crippen LogP contribution >= 0.6 is 0 Å². The van der Waals surface area contributed by atoms with Gasteiger partial charge in [-0.05, 0) is 25.7 Å². The Morgan fingerprint density at radius 3 is 2.28 bits per heavy atom. The van der Waals surface area contributed by atoms with Crippen LogP contribution in [0.1, 0.15) is 32.1 Å². The average Bonchev–Trinajstić information content (AvgIpc) is 2.61. The maximum absolute atomic E-state index is 11.5. The van der Waals surface area contributed by atoms with Gasteiger partial charge in [-0.3, -0.25) is 14.5 Å². The van der Waals surface area contributed by atoms with Gasteiger partial charge in [0.05, 0.1) is 6.54 Å². The third kappa shape index (κ3) is 2.52. The van der Waals surface area contributed by atoms with Crippen LogP contribution < -0.4 is 0 Å². The molecule has 1 aliphatic carbocycles. The van der Waals surface area contributed by atoms with Crippen molar-refractivity contribution in [2.75, 3.05) is 6.54 Å². The molecule has 0 unspecified atom stereocenters. The number of ether oxygens (including phenoxy) is 1. The van der Waals surface area contributed by atoms with E-state index in [2.05, 4.69) is 0 Å². The molecule has 0 bridgehead atoms. The van der Waals surface area contributed by atoms with E-state index in [-0.39, 0.29) is 6.54 Å². The number of carboxylic acid groups (broad SMARTS) is 1. The number of nitrogens with zero attached hydrogens (tertiary/aromatic N) is 1. The Morgan fingerprint density at radius 1 is 1.22 bits per heavy atom. The largest absolute Gasteiger partial charge is 0.506 e. The molecule has 0 saturated heterocycles. The van der Waals surface area contributed by atoms with Crippen LogP contribution in [-0.2, 0) is 14.3 Å². The Balaban J connectivity index is 2.12. The van der Waals surface area contributed by atoms with Gasteiger partial charge in [0, 0.05) is 12.2 Å². The molecule has 6 heteroatoms. The molecule has 1 heterocycles. The summed E-state index contributed by atoms with van der Waals surface area (Å²) in [5, 5.41) is 8.81. The normalized spacial score (nSPS) is 22.3. The average molecular weight is 253 g/mol. The van der Waals surface area contributed by atoms with Gasteiger partial charge in [0.2, 0.25) is 0 Å². The molecule has 0 aromatic heterocycles. The molecular formula is C12H15NO5. The van der Waals surface area contributed by atoms with Crippen molar-refractivity contribution in [2.45, 2.75) is 37.7 Å². The second-order valence-electron chi connectivity index (χ2n) is 4.71. The third-order valence-corrected chi connectivity index (χ3v) is 3.42. The molecule has 6 nitrogen and oxygen atoms in total. The van der Waals surface area contributed by atoms with E-state index in [1.165, 1.54) is 12.2 Å². The van der Waals surface area contributed by atoms with Crippen molar-refractivity contribution in [3.05, 3.63) is 12.2 Å². The van der Waals surface area contributed by atoms with Crippen LogP contribution in [0.5, 0.6) is 0 Å². The van der Waals surface area contributed by atoms with Crippen LogP contribution in [0.15, 0.2) is 12.2 Å². The van der Waals surface area contributed by atoms with Gasteiger partial charge < -0.3 is 9.84 Å². The topological polar surface area (TPSA) is 83.9 Å². The number of amides is 2. The maximum Gasteiger partial charge on any atom is 0.506 e. The lowest BCUT2D eigenvalue weighted by Gasteiger charge is -2.37. The SMILES string of the molecule is O=C(O)OC1(CN2C(=O)C=CC2=O)CCCCC1. The lowest BCUT2D eigenvalue weighted by Crippen LogP contribution is -2.49. The van der Waals surface area contributed by atoms with Crippen molar-refractivity contribution in [1.82, 2.24) is 4.90 Å². The second-order valence-corrected chi connectivity index (χ2v) is 4.71. The van der Waals surface area contributed by atoms with Crippen molar-refractivity contribution < 1.29 is 24.2 Å². The molecule has 1 saturated carbocycles. The number of carbonyl (C=O) groups excluding carboxylic acids is 2. The molecule has 0 aromatic rings. The molecule has 0 spiro atoms. The van der Waals surface area contributed by atoms with Crippen molar-refractivity contribution >= 4 is 18.0 Å². The second kappa shape index (κ2) is 4.80. The molecule has 2 aliphatic rings. The Hall–Kier alpha value is -1.85. The standard InChI is InChI=1S/C12H15NO5/c14-9-4-5-10(15)13(9)8-12(18-11(16)17)6-2-1-3-7-12/h4-5H,1-3,6-8H2,(H,16,17). The molecule has 0 radical (unpaired) electrons. The quantitative estimate of drug-likeness (QED) is 0.605. The van der Waals surface area contributed by atoms with Gasteiger partial charge in [-0.1, -0.05) is 6.42 Å². The predicted octanol–water partition coefficient (Wildman–Crippen LogP) is 1.31. The van der Waals surface area contributed by atoms with Gasteiger partial charge in [-0.15, -0.1) is 0 Å². The zero-order valence-corrected chi connectivity index (χ0v) is 9.92. The molecule has 0 aromatic carbocycles. The van der Waals surface area contributed by atoms with Crippen LogP contribution in [0, 0.1) is 0 Å². The zero-order valence-electron chi connectivity index (χ0n) is 9.92. The first-order valence-corrected chi connectivity index (χ1v) is 5.98. The van der Waals surface area contributed by atoms with Gasteiger partial charge in [-0.2, -0.15) is 0 Å². The van der Waals surface area contributed by atoms with Crippen molar-refractivity contribution in [1.29, 1.82) is 0 Å². The fourth-order valence-corrected chi connectivity index (χ4v) is 2.55. The summed E-state index contributed by atoms with van der Waals surface area (Å²) in [6, 6.07) is 0. The van der Waals surface area contributed by atoms with Gasteiger partial charge in [0.15, 0.2) is 0 Å². The Bertz CT molecular complexity index is 391.